The van der Waals surface area contributed by atoms with E-state index in [-0.39, 0.29) is 11.4 Å². The molecule has 0 saturated heterocycles. The van der Waals surface area contributed by atoms with Crippen LogP contribution in [0.15, 0.2) is 22.4 Å². The van der Waals surface area contributed by atoms with Crippen molar-refractivity contribution >= 4 is 27.0 Å². The van der Waals surface area contributed by atoms with E-state index in [9.17, 15) is 8.42 Å². The zero-order valence-corrected chi connectivity index (χ0v) is 13.2. The molecule has 0 radical (unpaired) electrons. The third-order valence-electron chi connectivity index (χ3n) is 3.04. The normalized spacial score (nSPS) is 11.8. The molecule has 0 atom stereocenters. The van der Waals surface area contributed by atoms with E-state index in [1.54, 1.807) is 13.0 Å². The Bertz CT molecular complexity index is 736. The summed E-state index contributed by atoms with van der Waals surface area (Å²) in [5, 5.41) is 2.75. The van der Waals surface area contributed by atoms with Gasteiger partial charge in [0, 0.05) is 11.1 Å². The highest BCUT2D eigenvalue weighted by Crippen LogP contribution is 2.22. The lowest BCUT2D eigenvalue weighted by Crippen LogP contribution is -2.24. The van der Waals surface area contributed by atoms with Crippen LogP contribution in [0.25, 0.3) is 0 Å². The Morgan fingerprint density at radius 1 is 1.30 bits per heavy atom. The van der Waals surface area contributed by atoms with Crippen LogP contribution in [0.5, 0.6) is 0 Å². The number of anilines is 1. The molecule has 0 aliphatic heterocycles. The highest BCUT2D eigenvalue weighted by atomic mass is 32.2. The van der Waals surface area contributed by atoms with Gasteiger partial charge in [-0.25, -0.2) is 18.1 Å². The summed E-state index contributed by atoms with van der Waals surface area (Å²) in [7, 11) is -3.59. The molecule has 0 saturated carbocycles. The molecule has 1 aromatic heterocycles. The summed E-state index contributed by atoms with van der Waals surface area (Å²) in [4.78, 5) is 4.46. The van der Waals surface area contributed by atoms with Crippen molar-refractivity contribution in [1.82, 2.24) is 9.71 Å². The van der Waals surface area contributed by atoms with E-state index in [2.05, 4.69) is 9.71 Å². The second-order valence-corrected chi connectivity index (χ2v) is 7.44. The molecule has 1 aromatic carbocycles. The van der Waals surface area contributed by atoms with Gasteiger partial charge in [0.25, 0.3) is 0 Å². The second kappa shape index (κ2) is 5.51. The molecule has 0 unspecified atom stereocenters. The third kappa shape index (κ3) is 3.17. The Labute approximate surface area is 122 Å². The number of nitrogens with one attached hydrogen (secondary N) is 1. The van der Waals surface area contributed by atoms with Crippen LogP contribution in [-0.4, -0.2) is 13.4 Å². The maximum atomic E-state index is 12.3. The van der Waals surface area contributed by atoms with E-state index in [1.807, 2.05) is 19.2 Å². The summed E-state index contributed by atoms with van der Waals surface area (Å²) < 4.78 is 27.3. The van der Waals surface area contributed by atoms with E-state index in [0.717, 1.165) is 10.6 Å². The fourth-order valence-corrected chi connectivity index (χ4v) is 3.83. The number of aromatic nitrogens is 1. The first-order chi connectivity index (χ1) is 9.29. The molecule has 0 amide bonds. The zero-order valence-electron chi connectivity index (χ0n) is 11.6. The van der Waals surface area contributed by atoms with Crippen LogP contribution in [0.4, 0.5) is 5.69 Å². The Morgan fingerprint density at radius 2 is 2.00 bits per heavy atom. The second-order valence-electron chi connectivity index (χ2n) is 4.64. The fraction of sp³-hybridized carbons (Fsp3) is 0.308. The summed E-state index contributed by atoms with van der Waals surface area (Å²) in [6.45, 7) is 5.68. The van der Waals surface area contributed by atoms with Crippen molar-refractivity contribution in [1.29, 1.82) is 0 Å². The summed E-state index contributed by atoms with van der Waals surface area (Å²) >= 11 is 1.49. The number of rotatable bonds is 4. The standard InChI is InChI=1S/C13H17N3O2S2/c1-8-4-11(14)5-13(9(8)2)20(17,18)15-6-12-7-19-10(3)16-12/h4-5,7,15H,6,14H2,1-3H3. The maximum Gasteiger partial charge on any atom is 0.241 e. The monoisotopic (exact) mass is 311 g/mol. The average molecular weight is 311 g/mol. The lowest BCUT2D eigenvalue weighted by molar-refractivity contribution is 0.580. The highest BCUT2D eigenvalue weighted by Gasteiger charge is 2.18. The van der Waals surface area contributed by atoms with Crippen LogP contribution in [0.2, 0.25) is 0 Å². The van der Waals surface area contributed by atoms with Gasteiger partial charge in [-0.1, -0.05) is 0 Å². The number of hydrogen-bond acceptors (Lipinski definition) is 5. The van der Waals surface area contributed by atoms with Gasteiger partial charge in [-0.15, -0.1) is 11.3 Å². The van der Waals surface area contributed by atoms with Crippen LogP contribution in [0.1, 0.15) is 21.8 Å². The van der Waals surface area contributed by atoms with Crippen molar-refractivity contribution in [2.45, 2.75) is 32.2 Å². The number of nitrogen functional groups attached to an aromatic ring is 1. The van der Waals surface area contributed by atoms with Gasteiger partial charge >= 0.3 is 0 Å². The van der Waals surface area contributed by atoms with Gasteiger partial charge in [-0.3, -0.25) is 0 Å². The van der Waals surface area contributed by atoms with E-state index in [4.69, 9.17) is 5.73 Å². The van der Waals surface area contributed by atoms with Crippen molar-refractivity contribution in [2.75, 3.05) is 5.73 Å². The van der Waals surface area contributed by atoms with Crippen molar-refractivity contribution in [2.24, 2.45) is 0 Å². The van der Waals surface area contributed by atoms with Crippen molar-refractivity contribution in [3.8, 4) is 0 Å². The van der Waals surface area contributed by atoms with Crippen molar-refractivity contribution < 1.29 is 8.42 Å². The molecule has 5 nitrogen and oxygen atoms in total. The van der Waals surface area contributed by atoms with Gasteiger partial charge in [0.15, 0.2) is 0 Å². The topological polar surface area (TPSA) is 85.1 Å². The van der Waals surface area contributed by atoms with Crippen LogP contribution in [-0.2, 0) is 16.6 Å². The van der Waals surface area contributed by atoms with Gasteiger partial charge in [0.1, 0.15) is 0 Å². The Morgan fingerprint density at radius 3 is 2.60 bits per heavy atom. The SMILES string of the molecule is Cc1nc(CNS(=O)(=O)c2cc(N)cc(C)c2C)cs1. The summed E-state index contributed by atoms with van der Waals surface area (Å²) in [6, 6.07) is 3.25. The van der Waals surface area contributed by atoms with Crippen molar-refractivity contribution in [3.63, 3.8) is 0 Å². The lowest BCUT2D eigenvalue weighted by Gasteiger charge is -2.11. The molecular weight excluding hydrogens is 294 g/mol. The fourth-order valence-electron chi connectivity index (χ4n) is 1.87. The maximum absolute atomic E-state index is 12.3. The molecule has 2 aromatic rings. The largest absolute Gasteiger partial charge is 0.399 e. The smallest absolute Gasteiger partial charge is 0.241 e. The molecule has 3 N–H and O–H groups in total. The first-order valence-corrected chi connectivity index (χ1v) is 8.43. The molecule has 0 aliphatic carbocycles. The molecule has 0 bridgehead atoms. The molecule has 0 aliphatic rings. The van der Waals surface area contributed by atoms with E-state index < -0.39 is 10.0 Å². The number of aryl methyl sites for hydroxylation is 2. The minimum absolute atomic E-state index is 0.181. The first-order valence-electron chi connectivity index (χ1n) is 6.07. The molecule has 0 fully saturated rings. The molecule has 1 heterocycles. The van der Waals surface area contributed by atoms with E-state index in [1.165, 1.54) is 17.4 Å². The van der Waals surface area contributed by atoms with Crippen LogP contribution >= 0.6 is 11.3 Å². The quantitative estimate of drug-likeness (QED) is 0.847. The molecular formula is C13H17N3O2S2. The zero-order chi connectivity index (χ0) is 14.9. The lowest BCUT2D eigenvalue weighted by atomic mass is 10.1. The Balaban J connectivity index is 2.27. The minimum Gasteiger partial charge on any atom is -0.399 e. The third-order valence-corrected chi connectivity index (χ3v) is 5.39. The summed E-state index contributed by atoms with van der Waals surface area (Å²) in [5.74, 6) is 0. The summed E-state index contributed by atoms with van der Waals surface area (Å²) in [6.07, 6.45) is 0. The van der Waals surface area contributed by atoms with Gasteiger partial charge in [0.2, 0.25) is 10.0 Å². The molecule has 20 heavy (non-hydrogen) atoms. The number of thiazole rings is 1. The predicted octanol–water partition coefficient (Wildman–Crippen LogP) is 2.13. The number of nitrogens with zero attached hydrogens (tertiary/aromatic N) is 1. The van der Waals surface area contributed by atoms with Gasteiger partial charge < -0.3 is 5.73 Å². The molecule has 0 spiro atoms. The van der Waals surface area contributed by atoms with Gasteiger partial charge in [-0.05, 0) is 44.0 Å². The van der Waals surface area contributed by atoms with Crippen LogP contribution in [0.3, 0.4) is 0 Å². The van der Waals surface area contributed by atoms with E-state index in [0.29, 0.717) is 16.9 Å². The van der Waals surface area contributed by atoms with Crippen LogP contribution in [0, 0.1) is 20.8 Å². The number of benzene rings is 1. The van der Waals surface area contributed by atoms with E-state index >= 15 is 0 Å². The van der Waals surface area contributed by atoms with Gasteiger partial charge in [-0.2, -0.15) is 0 Å². The molecule has 108 valence electrons. The molecule has 2 rings (SSSR count). The number of nitrogens with two attached hydrogens (primary N) is 1. The molecule has 7 heteroatoms. The number of hydrogen-bond donors (Lipinski definition) is 2. The Kier molecular flexibility index (Phi) is 4.12. The summed E-state index contributed by atoms with van der Waals surface area (Å²) in [5.41, 5.74) is 8.46. The first kappa shape index (κ1) is 15.0. The predicted molar refractivity (Wildman–Crippen MR) is 81.2 cm³/mol. The van der Waals surface area contributed by atoms with Gasteiger partial charge in [0.05, 0.1) is 22.1 Å². The average Bonchev–Trinajstić information content (AvgIpc) is 2.77. The van der Waals surface area contributed by atoms with Crippen molar-refractivity contribution in [3.05, 3.63) is 39.3 Å². The Hall–Kier alpha value is -1.44. The van der Waals surface area contributed by atoms with Crippen LogP contribution < -0.4 is 10.5 Å². The highest BCUT2D eigenvalue weighted by molar-refractivity contribution is 7.89. The minimum atomic E-state index is -3.59. The number of sulfonamides is 1.